The van der Waals surface area contributed by atoms with Crippen LogP contribution >= 0.6 is 0 Å². The fourth-order valence-electron chi connectivity index (χ4n) is 2.04. The van der Waals surface area contributed by atoms with E-state index in [9.17, 15) is 9.59 Å². The Balaban J connectivity index is 1.92. The number of hydrogen-bond donors (Lipinski definition) is 3. The molecule has 0 saturated carbocycles. The van der Waals surface area contributed by atoms with Crippen molar-refractivity contribution in [1.82, 2.24) is 10.6 Å². The Bertz CT molecular complexity index is 595. The van der Waals surface area contributed by atoms with Gasteiger partial charge in [-0.2, -0.15) is 0 Å². The van der Waals surface area contributed by atoms with Gasteiger partial charge in [0.05, 0.1) is 0 Å². The van der Waals surface area contributed by atoms with Gasteiger partial charge in [0.25, 0.3) is 0 Å². The summed E-state index contributed by atoms with van der Waals surface area (Å²) in [4.78, 5) is 23.8. The number of amides is 3. The maximum absolute atomic E-state index is 12.0. The van der Waals surface area contributed by atoms with Crippen LogP contribution in [0.15, 0.2) is 18.2 Å². The van der Waals surface area contributed by atoms with Gasteiger partial charge >= 0.3 is 6.03 Å². The predicted molar refractivity (Wildman–Crippen MR) is 86.9 cm³/mol. The van der Waals surface area contributed by atoms with Crippen LogP contribution in [0.5, 0.6) is 11.5 Å². The number of hydrogen-bond acceptors (Lipinski definition) is 5. The van der Waals surface area contributed by atoms with Gasteiger partial charge in [-0.1, -0.05) is 0 Å². The maximum atomic E-state index is 12.0. The molecule has 1 aromatic rings. The third-order valence-electron chi connectivity index (χ3n) is 3.04. The van der Waals surface area contributed by atoms with E-state index < -0.39 is 23.5 Å². The Morgan fingerprint density at radius 3 is 2.43 bits per heavy atom. The lowest BCUT2D eigenvalue weighted by Crippen LogP contribution is -2.51. The molecular formula is C16H23N3O4. The molecule has 0 saturated heterocycles. The number of nitrogens with one attached hydrogen (secondary N) is 3. The van der Waals surface area contributed by atoms with Gasteiger partial charge < -0.3 is 20.1 Å². The van der Waals surface area contributed by atoms with E-state index in [0.29, 0.717) is 30.4 Å². The molecule has 0 aliphatic carbocycles. The van der Waals surface area contributed by atoms with Gasteiger partial charge in [-0.15, -0.1) is 0 Å². The molecule has 1 aromatic carbocycles. The van der Waals surface area contributed by atoms with E-state index in [1.54, 1.807) is 25.1 Å². The summed E-state index contributed by atoms with van der Waals surface area (Å²) in [6, 6.07) is 4.26. The summed E-state index contributed by atoms with van der Waals surface area (Å²) in [5.41, 5.74) is 0.310. The van der Waals surface area contributed by atoms with Crippen LogP contribution in [0.1, 0.15) is 27.7 Å². The number of anilines is 1. The number of benzene rings is 1. The molecule has 0 fully saturated rings. The average molecular weight is 321 g/mol. The van der Waals surface area contributed by atoms with Crippen LogP contribution in [0, 0.1) is 0 Å². The highest BCUT2D eigenvalue weighted by Gasteiger charge is 2.20. The third-order valence-corrected chi connectivity index (χ3v) is 3.04. The highest BCUT2D eigenvalue weighted by Crippen LogP contribution is 2.32. The molecule has 0 bridgehead atoms. The zero-order valence-corrected chi connectivity index (χ0v) is 13.9. The van der Waals surface area contributed by atoms with Gasteiger partial charge in [0.2, 0.25) is 5.91 Å². The lowest BCUT2D eigenvalue weighted by atomic mass is 10.1. The van der Waals surface area contributed by atoms with Crippen molar-refractivity contribution >= 4 is 17.6 Å². The first-order chi connectivity index (χ1) is 10.7. The molecule has 3 N–H and O–H groups in total. The summed E-state index contributed by atoms with van der Waals surface area (Å²) in [5, 5.41) is 8.02. The van der Waals surface area contributed by atoms with Crippen molar-refractivity contribution in [3.05, 3.63) is 18.2 Å². The van der Waals surface area contributed by atoms with Gasteiger partial charge in [-0.3, -0.25) is 10.1 Å². The summed E-state index contributed by atoms with van der Waals surface area (Å²) in [7, 11) is 0. The minimum atomic E-state index is -0.580. The highest BCUT2D eigenvalue weighted by molar-refractivity contribution is 5.98. The van der Waals surface area contributed by atoms with Gasteiger partial charge in [0, 0.05) is 17.3 Å². The number of urea groups is 1. The molecule has 0 aromatic heterocycles. The molecule has 0 radical (unpaired) electrons. The van der Waals surface area contributed by atoms with Crippen LogP contribution in [0.2, 0.25) is 0 Å². The number of fused-ring (bicyclic) bond motifs is 1. The molecule has 7 nitrogen and oxygen atoms in total. The molecule has 1 aliphatic rings. The molecule has 2 rings (SSSR count). The summed E-state index contributed by atoms with van der Waals surface area (Å²) < 4.78 is 10.9. The highest BCUT2D eigenvalue weighted by atomic mass is 16.6. The quantitative estimate of drug-likeness (QED) is 0.791. The van der Waals surface area contributed by atoms with E-state index in [1.807, 2.05) is 20.8 Å². The molecule has 3 amide bonds. The van der Waals surface area contributed by atoms with Crippen molar-refractivity contribution in [2.24, 2.45) is 0 Å². The normalized spacial score (nSPS) is 14.6. The van der Waals surface area contributed by atoms with E-state index in [4.69, 9.17) is 9.47 Å². The van der Waals surface area contributed by atoms with Crippen molar-refractivity contribution in [2.45, 2.75) is 39.3 Å². The maximum Gasteiger partial charge on any atom is 0.321 e. The zero-order chi connectivity index (χ0) is 17.0. The van der Waals surface area contributed by atoms with Gasteiger partial charge in [-0.05, 0) is 39.8 Å². The Kier molecular flexibility index (Phi) is 4.98. The molecule has 23 heavy (non-hydrogen) atoms. The topological polar surface area (TPSA) is 88.7 Å². The average Bonchev–Trinajstić information content (AvgIpc) is 2.45. The van der Waals surface area contributed by atoms with Crippen molar-refractivity contribution in [3.8, 4) is 11.5 Å². The van der Waals surface area contributed by atoms with Crippen molar-refractivity contribution in [1.29, 1.82) is 0 Å². The summed E-state index contributed by atoms with van der Waals surface area (Å²) >= 11 is 0. The van der Waals surface area contributed by atoms with Crippen molar-refractivity contribution in [3.63, 3.8) is 0 Å². The minimum absolute atomic E-state index is 0.406. The Morgan fingerprint density at radius 2 is 1.78 bits per heavy atom. The number of ether oxygens (including phenoxy) is 2. The van der Waals surface area contributed by atoms with Gasteiger partial charge in [0.1, 0.15) is 19.3 Å². The molecule has 1 heterocycles. The van der Waals surface area contributed by atoms with E-state index in [2.05, 4.69) is 16.0 Å². The van der Waals surface area contributed by atoms with E-state index >= 15 is 0 Å². The molecule has 7 heteroatoms. The number of carbonyl (C=O) groups is 2. The molecule has 126 valence electrons. The van der Waals surface area contributed by atoms with Crippen molar-refractivity contribution in [2.75, 3.05) is 18.5 Å². The lowest BCUT2D eigenvalue weighted by Gasteiger charge is -2.22. The number of imide groups is 1. The molecule has 0 spiro atoms. The van der Waals surface area contributed by atoms with E-state index in [1.165, 1.54) is 0 Å². The zero-order valence-electron chi connectivity index (χ0n) is 13.9. The summed E-state index contributed by atoms with van der Waals surface area (Å²) in [6.45, 7) is 8.23. The van der Waals surface area contributed by atoms with Crippen LogP contribution in [0.4, 0.5) is 10.5 Å². The largest absolute Gasteiger partial charge is 0.486 e. The summed E-state index contributed by atoms with van der Waals surface area (Å²) in [6.07, 6.45) is 0. The Labute approximate surface area is 135 Å². The van der Waals surface area contributed by atoms with Crippen LogP contribution in [-0.2, 0) is 4.79 Å². The van der Waals surface area contributed by atoms with E-state index in [0.717, 1.165) is 0 Å². The number of rotatable bonds is 3. The Morgan fingerprint density at radius 1 is 1.13 bits per heavy atom. The van der Waals surface area contributed by atoms with E-state index in [-0.39, 0.29) is 0 Å². The second-order valence-corrected chi connectivity index (χ2v) is 6.42. The second-order valence-electron chi connectivity index (χ2n) is 6.42. The van der Waals surface area contributed by atoms with Crippen LogP contribution < -0.4 is 25.4 Å². The Hall–Kier alpha value is -2.44. The number of carbonyl (C=O) groups excluding carboxylic acids is 2. The first-order valence-electron chi connectivity index (χ1n) is 7.54. The lowest BCUT2D eigenvalue weighted by molar-refractivity contribution is -0.120. The first-order valence-corrected chi connectivity index (χ1v) is 7.54. The minimum Gasteiger partial charge on any atom is -0.486 e. The van der Waals surface area contributed by atoms with Crippen molar-refractivity contribution < 1.29 is 19.1 Å². The van der Waals surface area contributed by atoms with Crippen LogP contribution in [0.25, 0.3) is 0 Å². The molecule has 1 atom stereocenters. The first kappa shape index (κ1) is 16.9. The predicted octanol–water partition coefficient (Wildman–Crippen LogP) is 1.88. The fourth-order valence-corrected chi connectivity index (χ4v) is 2.04. The molecule has 1 unspecified atom stereocenters. The summed E-state index contributed by atoms with van der Waals surface area (Å²) in [5.74, 6) is 0.907. The standard InChI is InChI=1S/C16H23N3O4/c1-10(14(20)18-15(21)19-16(2,3)4)17-11-5-6-12-13(9-11)23-8-7-22-12/h5-6,9-10,17H,7-8H2,1-4H3,(H2,18,19,20,21). The SMILES string of the molecule is CC(Nc1ccc2c(c1)OCCO2)C(=O)NC(=O)NC(C)(C)C. The molecule has 1 aliphatic heterocycles. The fraction of sp³-hybridized carbons (Fsp3) is 0.500. The second kappa shape index (κ2) is 6.76. The third kappa shape index (κ3) is 5.05. The van der Waals surface area contributed by atoms with Crippen LogP contribution in [-0.4, -0.2) is 36.7 Å². The molecular weight excluding hydrogens is 298 g/mol. The smallest absolute Gasteiger partial charge is 0.321 e. The van der Waals surface area contributed by atoms with Gasteiger partial charge in [0.15, 0.2) is 11.5 Å². The monoisotopic (exact) mass is 321 g/mol. The van der Waals surface area contributed by atoms with Crippen LogP contribution in [0.3, 0.4) is 0 Å². The van der Waals surface area contributed by atoms with Gasteiger partial charge in [-0.25, -0.2) is 4.79 Å².